The van der Waals surface area contributed by atoms with Gasteiger partial charge in [0.05, 0.1) is 6.54 Å². The highest BCUT2D eigenvalue weighted by Crippen LogP contribution is 2.22. The van der Waals surface area contributed by atoms with Gasteiger partial charge >= 0.3 is 0 Å². The molecule has 0 spiro atoms. The standard InChI is InChI=1S/C11H22N4/c1-4-7-15-10(8-12)13-14-11(15)9(5-2)6-3/h9H,4-8,12H2,1-3H3. The second kappa shape index (κ2) is 5.85. The van der Waals surface area contributed by atoms with Gasteiger partial charge < -0.3 is 10.3 Å². The molecule has 1 rings (SSSR count). The van der Waals surface area contributed by atoms with Crippen LogP contribution in [0.25, 0.3) is 0 Å². The summed E-state index contributed by atoms with van der Waals surface area (Å²) in [5.41, 5.74) is 5.65. The van der Waals surface area contributed by atoms with E-state index in [2.05, 4.69) is 35.5 Å². The summed E-state index contributed by atoms with van der Waals surface area (Å²) in [6, 6.07) is 0. The summed E-state index contributed by atoms with van der Waals surface area (Å²) in [7, 11) is 0. The van der Waals surface area contributed by atoms with Crippen LogP contribution in [0, 0.1) is 0 Å². The summed E-state index contributed by atoms with van der Waals surface area (Å²) in [6.45, 7) is 8.01. The van der Waals surface area contributed by atoms with Crippen LogP contribution in [0.3, 0.4) is 0 Å². The SMILES string of the molecule is CCCn1c(CN)nnc1C(CC)CC. The lowest BCUT2D eigenvalue weighted by atomic mass is 10.0. The fourth-order valence-corrected chi connectivity index (χ4v) is 1.92. The predicted molar refractivity (Wildman–Crippen MR) is 61.5 cm³/mol. The van der Waals surface area contributed by atoms with Crippen molar-refractivity contribution in [3.05, 3.63) is 11.6 Å². The molecular formula is C11H22N4. The van der Waals surface area contributed by atoms with Crippen molar-refractivity contribution in [1.82, 2.24) is 14.8 Å². The number of hydrogen-bond donors (Lipinski definition) is 1. The maximum atomic E-state index is 5.65. The summed E-state index contributed by atoms with van der Waals surface area (Å²) < 4.78 is 2.19. The second-order valence-electron chi connectivity index (χ2n) is 3.84. The molecule has 2 N–H and O–H groups in total. The topological polar surface area (TPSA) is 56.7 Å². The molecule has 4 nitrogen and oxygen atoms in total. The zero-order chi connectivity index (χ0) is 11.3. The maximum absolute atomic E-state index is 5.65. The highest BCUT2D eigenvalue weighted by atomic mass is 15.3. The Morgan fingerprint density at radius 1 is 1.20 bits per heavy atom. The van der Waals surface area contributed by atoms with E-state index in [1.54, 1.807) is 0 Å². The third kappa shape index (κ3) is 2.56. The molecule has 0 bridgehead atoms. The van der Waals surface area contributed by atoms with Crippen molar-refractivity contribution in [1.29, 1.82) is 0 Å². The van der Waals surface area contributed by atoms with Gasteiger partial charge in [-0.15, -0.1) is 10.2 Å². The fourth-order valence-electron chi connectivity index (χ4n) is 1.92. The molecule has 1 aromatic rings. The molecule has 1 heterocycles. The molecule has 4 heteroatoms. The number of nitrogens with zero attached hydrogens (tertiary/aromatic N) is 3. The normalized spacial score (nSPS) is 11.3. The Morgan fingerprint density at radius 2 is 1.87 bits per heavy atom. The molecular weight excluding hydrogens is 188 g/mol. The van der Waals surface area contributed by atoms with Crippen molar-refractivity contribution >= 4 is 0 Å². The van der Waals surface area contributed by atoms with Gasteiger partial charge in [0.2, 0.25) is 0 Å². The Labute approximate surface area is 91.9 Å². The Balaban J connectivity index is 2.99. The molecule has 0 fully saturated rings. The Bertz CT molecular complexity index is 289. The summed E-state index contributed by atoms with van der Waals surface area (Å²) in [5, 5.41) is 8.44. The summed E-state index contributed by atoms with van der Waals surface area (Å²) >= 11 is 0. The number of rotatable bonds is 6. The van der Waals surface area contributed by atoms with E-state index >= 15 is 0 Å². The highest BCUT2D eigenvalue weighted by Gasteiger charge is 2.17. The summed E-state index contributed by atoms with van der Waals surface area (Å²) in [5.74, 6) is 2.55. The van der Waals surface area contributed by atoms with Gasteiger partial charge in [-0.25, -0.2) is 0 Å². The van der Waals surface area contributed by atoms with Gasteiger partial charge in [-0.05, 0) is 19.3 Å². The lowest BCUT2D eigenvalue weighted by molar-refractivity contribution is 0.531. The molecule has 0 atom stereocenters. The van der Waals surface area contributed by atoms with Gasteiger partial charge in [-0.1, -0.05) is 20.8 Å². The van der Waals surface area contributed by atoms with E-state index in [-0.39, 0.29) is 0 Å². The van der Waals surface area contributed by atoms with E-state index in [1.807, 2.05) is 0 Å². The average molecular weight is 210 g/mol. The third-order valence-corrected chi connectivity index (χ3v) is 2.84. The average Bonchev–Trinajstić information content (AvgIpc) is 2.64. The molecule has 0 aliphatic carbocycles. The van der Waals surface area contributed by atoms with Crippen molar-refractivity contribution in [3.63, 3.8) is 0 Å². The molecule has 0 unspecified atom stereocenters. The quantitative estimate of drug-likeness (QED) is 0.781. The highest BCUT2D eigenvalue weighted by molar-refractivity contribution is 5.01. The molecule has 1 aromatic heterocycles. The van der Waals surface area contributed by atoms with E-state index < -0.39 is 0 Å². The maximum Gasteiger partial charge on any atom is 0.146 e. The Kier molecular flexibility index (Phi) is 4.75. The lowest BCUT2D eigenvalue weighted by Crippen LogP contribution is -2.13. The number of aromatic nitrogens is 3. The van der Waals surface area contributed by atoms with Crippen LogP contribution in [0.2, 0.25) is 0 Å². The smallest absolute Gasteiger partial charge is 0.146 e. The van der Waals surface area contributed by atoms with E-state index in [1.165, 1.54) is 0 Å². The van der Waals surface area contributed by atoms with Gasteiger partial charge in [-0.2, -0.15) is 0 Å². The van der Waals surface area contributed by atoms with Crippen molar-refractivity contribution in [3.8, 4) is 0 Å². The minimum atomic E-state index is 0.479. The molecule has 0 aliphatic heterocycles. The first-order chi connectivity index (χ1) is 7.28. The lowest BCUT2D eigenvalue weighted by Gasteiger charge is -2.14. The predicted octanol–water partition coefficient (Wildman–Crippen LogP) is 2.05. The first kappa shape index (κ1) is 12.2. The van der Waals surface area contributed by atoms with Gasteiger partial charge in [0.15, 0.2) is 0 Å². The van der Waals surface area contributed by atoms with E-state index in [9.17, 15) is 0 Å². The van der Waals surface area contributed by atoms with Crippen molar-refractivity contribution < 1.29 is 0 Å². The number of hydrogen-bond acceptors (Lipinski definition) is 3. The van der Waals surface area contributed by atoms with Crippen LogP contribution in [0.1, 0.15) is 57.6 Å². The largest absolute Gasteiger partial charge is 0.324 e. The van der Waals surface area contributed by atoms with Crippen molar-refractivity contribution in [2.45, 2.75) is 59.0 Å². The zero-order valence-electron chi connectivity index (χ0n) is 10.0. The number of nitrogens with two attached hydrogens (primary N) is 1. The fraction of sp³-hybridized carbons (Fsp3) is 0.818. The molecule has 15 heavy (non-hydrogen) atoms. The van der Waals surface area contributed by atoms with Crippen LogP contribution < -0.4 is 5.73 Å². The third-order valence-electron chi connectivity index (χ3n) is 2.84. The second-order valence-corrected chi connectivity index (χ2v) is 3.84. The minimum absolute atomic E-state index is 0.479. The summed E-state index contributed by atoms with van der Waals surface area (Å²) in [4.78, 5) is 0. The molecule has 86 valence electrons. The molecule has 0 aromatic carbocycles. The van der Waals surface area contributed by atoms with Crippen LogP contribution in [0.5, 0.6) is 0 Å². The molecule has 0 radical (unpaired) electrons. The van der Waals surface area contributed by atoms with Crippen molar-refractivity contribution in [2.75, 3.05) is 0 Å². The van der Waals surface area contributed by atoms with Crippen LogP contribution in [-0.2, 0) is 13.1 Å². The first-order valence-corrected chi connectivity index (χ1v) is 5.90. The molecule has 0 saturated carbocycles. The van der Waals surface area contributed by atoms with Crippen molar-refractivity contribution in [2.24, 2.45) is 5.73 Å². The zero-order valence-corrected chi connectivity index (χ0v) is 10.0. The van der Waals surface area contributed by atoms with E-state index in [4.69, 9.17) is 5.73 Å². The Hall–Kier alpha value is -0.900. The molecule has 0 aliphatic rings. The van der Waals surface area contributed by atoms with Gasteiger partial charge in [0.1, 0.15) is 11.6 Å². The summed E-state index contributed by atoms with van der Waals surface area (Å²) in [6.07, 6.45) is 3.32. The van der Waals surface area contributed by atoms with Gasteiger partial charge in [-0.3, -0.25) is 0 Å². The molecule has 0 saturated heterocycles. The Morgan fingerprint density at radius 3 is 2.33 bits per heavy atom. The monoisotopic (exact) mass is 210 g/mol. The van der Waals surface area contributed by atoms with Gasteiger partial charge in [0, 0.05) is 12.5 Å². The minimum Gasteiger partial charge on any atom is -0.324 e. The van der Waals surface area contributed by atoms with Gasteiger partial charge in [0.25, 0.3) is 0 Å². The van der Waals surface area contributed by atoms with E-state index in [0.717, 1.165) is 37.5 Å². The van der Waals surface area contributed by atoms with Crippen LogP contribution >= 0.6 is 0 Å². The first-order valence-electron chi connectivity index (χ1n) is 5.90. The van der Waals surface area contributed by atoms with Crippen LogP contribution in [-0.4, -0.2) is 14.8 Å². The molecule has 0 amide bonds. The van der Waals surface area contributed by atoms with E-state index in [0.29, 0.717) is 12.5 Å². The van der Waals surface area contributed by atoms with Crippen LogP contribution in [0.4, 0.5) is 0 Å². The van der Waals surface area contributed by atoms with Crippen LogP contribution in [0.15, 0.2) is 0 Å².